The van der Waals surface area contributed by atoms with Crippen molar-refractivity contribution in [1.82, 2.24) is 9.13 Å². The van der Waals surface area contributed by atoms with Crippen LogP contribution in [0.2, 0.25) is 0 Å². The Bertz CT molecular complexity index is 3940. The number of hydrogen-bond donors (Lipinski definition) is 0. The summed E-state index contributed by atoms with van der Waals surface area (Å²) in [7, 11) is 0. The molecule has 12 aromatic rings. The normalized spacial score (nSPS) is 13.1. The largest absolute Gasteiger partial charge is 0.456 e. The first kappa shape index (κ1) is 35.9. The number of para-hydroxylation sites is 4. The minimum absolute atomic E-state index is 0.374. The molecule has 4 nitrogen and oxygen atoms in total. The molecular formula is C56H36F2N2O2. The van der Waals surface area contributed by atoms with Crippen molar-refractivity contribution in [3.05, 3.63) is 205 Å². The van der Waals surface area contributed by atoms with E-state index in [0.29, 0.717) is 22.4 Å². The van der Waals surface area contributed by atoms with Crippen LogP contribution in [0.25, 0.3) is 110 Å². The van der Waals surface area contributed by atoms with Gasteiger partial charge in [-0.3, -0.25) is 0 Å². The maximum Gasteiger partial charge on any atom is 0.136 e. The second kappa shape index (κ2) is 13.5. The average Bonchev–Trinajstić information content (AvgIpc) is 4.05. The number of halogens is 2. The number of fused-ring (bicyclic) bond motifs is 14. The molecule has 6 heteroatoms. The molecule has 0 saturated heterocycles. The quantitative estimate of drug-likeness (QED) is 0.157. The topological polar surface area (TPSA) is 36.1 Å². The lowest BCUT2D eigenvalue weighted by atomic mass is 9.90. The Morgan fingerprint density at radius 1 is 0.435 bits per heavy atom. The standard InChI is InChI=1S/C56H36F2N2O2/c1-32(34(3)59-43-22-8-4-18-39(43)52-45(59)26-28-49-54(52)41-20-6-10-24-47(41)61-49)51(36-15-13-17-38(58)31-36)56(33(2)35-14-12-16-37(57)30-35)60-44-23-9-5-19-40(44)53-46(60)27-29-50-55(53)42-21-7-11-25-48(42)62-50/h4-31H,2H2,1,3H3/b34-32+,56-51-. The molecule has 0 radical (unpaired) electrons. The van der Waals surface area contributed by atoms with Crippen molar-refractivity contribution in [3.63, 3.8) is 0 Å². The van der Waals surface area contributed by atoms with E-state index in [1.807, 2.05) is 66.7 Å². The lowest BCUT2D eigenvalue weighted by Crippen LogP contribution is -2.07. The van der Waals surface area contributed by atoms with E-state index in [2.05, 4.69) is 89.7 Å². The average molecular weight is 807 g/mol. The van der Waals surface area contributed by atoms with Gasteiger partial charge in [-0.05, 0) is 109 Å². The Morgan fingerprint density at radius 3 is 1.47 bits per heavy atom. The van der Waals surface area contributed by atoms with Crippen LogP contribution in [0.5, 0.6) is 0 Å². The second-order valence-electron chi connectivity index (χ2n) is 16.0. The zero-order chi connectivity index (χ0) is 41.8. The van der Waals surface area contributed by atoms with Gasteiger partial charge >= 0.3 is 0 Å². The van der Waals surface area contributed by atoms with Crippen molar-refractivity contribution < 1.29 is 17.6 Å². The van der Waals surface area contributed by atoms with Crippen LogP contribution in [0.3, 0.4) is 0 Å². The third kappa shape index (κ3) is 5.16. The van der Waals surface area contributed by atoms with E-state index in [0.717, 1.165) is 104 Å². The highest BCUT2D eigenvalue weighted by atomic mass is 19.1. The number of aromatic nitrogens is 2. The van der Waals surface area contributed by atoms with Crippen LogP contribution in [0.4, 0.5) is 8.78 Å². The van der Waals surface area contributed by atoms with E-state index < -0.39 is 0 Å². The number of allylic oxidation sites excluding steroid dienone is 5. The molecule has 0 fully saturated rings. The van der Waals surface area contributed by atoms with Gasteiger partial charge in [0.05, 0.1) is 27.8 Å². The van der Waals surface area contributed by atoms with E-state index in [1.54, 1.807) is 18.2 Å². The summed E-state index contributed by atoms with van der Waals surface area (Å²) >= 11 is 0. The third-order valence-electron chi connectivity index (χ3n) is 12.6. The Morgan fingerprint density at radius 2 is 0.903 bits per heavy atom. The van der Waals surface area contributed by atoms with Gasteiger partial charge < -0.3 is 18.0 Å². The smallest absolute Gasteiger partial charge is 0.136 e. The van der Waals surface area contributed by atoms with E-state index in [4.69, 9.17) is 15.4 Å². The summed E-state index contributed by atoms with van der Waals surface area (Å²) in [6.45, 7) is 8.98. The molecule has 0 aliphatic carbocycles. The van der Waals surface area contributed by atoms with Crippen LogP contribution < -0.4 is 0 Å². The molecule has 8 aromatic carbocycles. The molecule has 296 valence electrons. The van der Waals surface area contributed by atoms with Gasteiger partial charge in [0.25, 0.3) is 0 Å². The minimum Gasteiger partial charge on any atom is -0.456 e. The van der Waals surface area contributed by atoms with Gasteiger partial charge in [-0.2, -0.15) is 0 Å². The predicted octanol–water partition coefficient (Wildman–Crippen LogP) is 16.0. The Balaban J connectivity index is 1.26. The first-order valence-electron chi connectivity index (χ1n) is 20.7. The molecule has 4 heterocycles. The molecule has 0 N–H and O–H groups in total. The van der Waals surface area contributed by atoms with Gasteiger partial charge in [0.2, 0.25) is 0 Å². The molecule has 0 aliphatic rings. The minimum atomic E-state index is -0.379. The SMILES string of the molecule is C=C(/C(=C(\C(C)=C(/C)n1c2ccccc2c2c3c(ccc21)oc1ccccc13)c1cccc(F)c1)n1c2ccccc2c2c3c(ccc21)oc1ccccc13)c1cccc(F)c1. The first-order valence-corrected chi connectivity index (χ1v) is 20.7. The lowest BCUT2D eigenvalue weighted by Gasteiger charge is -2.24. The van der Waals surface area contributed by atoms with E-state index >= 15 is 8.78 Å². The molecule has 62 heavy (non-hydrogen) atoms. The highest BCUT2D eigenvalue weighted by Crippen LogP contribution is 2.48. The first-order chi connectivity index (χ1) is 30.4. The summed E-state index contributed by atoms with van der Waals surface area (Å²) in [5, 5.41) is 8.33. The highest BCUT2D eigenvalue weighted by molar-refractivity contribution is 6.30. The van der Waals surface area contributed by atoms with Crippen molar-refractivity contribution >= 4 is 110 Å². The number of rotatable bonds is 6. The molecule has 0 saturated carbocycles. The monoisotopic (exact) mass is 806 g/mol. The van der Waals surface area contributed by atoms with Gasteiger partial charge in [-0.15, -0.1) is 0 Å². The fraction of sp³-hybridized carbons (Fsp3) is 0.0357. The van der Waals surface area contributed by atoms with Crippen molar-refractivity contribution in [2.24, 2.45) is 0 Å². The number of hydrogen-bond acceptors (Lipinski definition) is 2. The summed E-state index contributed by atoms with van der Waals surface area (Å²) in [5.74, 6) is -0.753. The molecule has 0 aliphatic heterocycles. The zero-order valence-corrected chi connectivity index (χ0v) is 33.8. The molecular weight excluding hydrogens is 771 g/mol. The highest BCUT2D eigenvalue weighted by Gasteiger charge is 2.27. The fourth-order valence-electron chi connectivity index (χ4n) is 9.89. The number of furan rings is 2. The molecule has 0 bridgehead atoms. The Kier molecular flexibility index (Phi) is 7.84. The molecule has 0 amide bonds. The van der Waals surface area contributed by atoms with Crippen LogP contribution in [-0.4, -0.2) is 9.13 Å². The van der Waals surface area contributed by atoms with Crippen LogP contribution in [0.15, 0.2) is 191 Å². The molecule has 0 spiro atoms. The van der Waals surface area contributed by atoms with Crippen molar-refractivity contribution in [1.29, 1.82) is 0 Å². The fourth-order valence-corrected chi connectivity index (χ4v) is 9.89. The summed E-state index contributed by atoms with van der Waals surface area (Å²) in [6, 6.07) is 54.5. The summed E-state index contributed by atoms with van der Waals surface area (Å²) in [6.07, 6.45) is 0. The predicted molar refractivity (Wildman–Crippen MR) is 253 cm³/mol. The van der Waals surface area contributed by atoms with Crippen LogP contribution in [0.1, 0.15) is 25.0 Å². The zero-order valence-electron chi connectivity index (χ0n) is 33.8. The summed E-state index contributed by atoms with van der Waals surface area (Å²) in [5.41, 5.74) is 12.2. The molecule has 12 rings (SSSR count). The van der Waals surface area contributed by atoms with Gasteiger partial charge in [-0.25, -0.2) is 8.78 Å². The Hall–Kier alpha value is -7.96. The van der Waals surface area contributed by atoms with Crippen molar-refractivity contribution in [2.45, 2.75) is 13.8 Å². The lowest BCUT2D eigenvalue weighted by molar-refractivity contribution is 0.627. The van der Waals surface area contributed by atoms with Gasteiger partial charge in [-0.1, -0.05) is 104 Å². The molecule has 0 atom stereocenters. The third-order valence-corrected chi connectivity index (χ3v) is 12.6. The maximum absolute atomic E-state index is 15.8. The summed E-state index contributed by atoms with van der Waals surface area (Å²) < 4.78 is 48.4. The van der Waals surface area contributed by atoms with E-state index in [9.17, 15) is 0 Å². The Labute approximate surface area is 354 Å². The van der Waals surface area contributed by atoms with Gasteiger partial charge in [0.15, 0.2) is 0 Å². The van der Waals surface area contributed by atoms with Crippen LogP contribution in [0, 0.1) is 11.6 Å². The maximum atomic E-state index is 15.8. The van der Waals surface area contributed by atoms with Crippen LogP contribution >= 0.6 is 0 Å². The van der Waals surface area contributed by atoms with Crippen LogP contribution in [-0.2, 0) is 0 Å². The van der Waals surface area contributed by atoms with E-state index in [-0.39, 0.29) is 11.6 Å². The van der Waals surface area contributed by atoms with Crippen molar-refractivity contribution in [3.8, 4) is 0 Å². The van der Waals surface area contributed by atoms with Gasteiger partial charge in [0, 0.05) is 54.4 Å². The number of benzene rings is 8. The number of nitrogens with zero attached hydrogens (tertiary/aromatic N) is 2. The van der Waals surface area contributed by atoms with E-state index in [1.165, 1.54) is 18.2 Å². The van der Waals surface area contributed by atoms with Gasteiger partial charge in [0.1, 0.15) is 34.0 Å². The molecule has 0 unspecified atom stereocenters. The van der Waals surface area contributed by atoms with Crippen molar-refractivity contribution in [2.75, 3.05) is 0 Å². The molecule has 4 aromatic heterocycles. The summed E-state index contributed by atoms with van der Waals surface area (Å²) in [4.78, 5) is 0. The second-order valence-corrected chi connectivity index (χ2v) is 16.0.